The Bertz CT molecular complexity index is 281. The molecule has 0 aromatic heterocycles. The summed E-state index contributed by atoms with van der Waals surface area (Å²) in [4.78, 5) is 11.2. The molecule has 2 heteroatoms. The molecule has 1 heterocycles. The van der Waals surface area contributed by atoms with Gasteiger partial charge in [0.25, 0.3) is 0 Å². The lowest BCUT2D eigenvalue weighted by molar-refractivity contribution is -0.139. The van der Waals surface area contributed by atoms with Crippen molar-refractivity contribution in [3.05, 3.63) is 11.8 Å². The summed E-state index contributed by atoms with van der Waals surface area (Å²) in [5.74, 6) is 0.789. The Balaban J connectivity index is 1.84. The minimum atomic E-state index is -0.0814. The first-order valence-electron chi connectivity index (χ1n) is 8.16. The highest BCUT2D eigenvalue weighted by Crippen LogP contribution is 2.22. The average Bonchev–Trinajstić information content (AvgIpc) is 2.71. The van der Waals surface area contributed by atoms with E-state index in [-0.39, 0.29) is 11.9 Å². The van der Waals surface area contributed by atoms with Crippen LogP contribution in [0.5, 0.6) is 0 Å². The van der Waals surface area contributed by atoms with Crippen molar-refractivity contribution in [1.82, 2.24) is 0 Å². The maximum absolute atomic E-state index is 11.2. The Kier molecular flexibility index (Phi) is 8.61. The molecule has 0 aliphatic carbocycles. The molecule has 0 aromatic carbocycles. The number of ether oxygens (including phenoxy) is 1. The van der Waals surface area contributed by atoms with Crippen molar-refractivity contribution >= 4 is 5.97 Å². The summed E-state index contributed by atoms with van der Waals surface area (Å²) in [5.41, 5.74) is 0. The molecule has 1 atom stereocenters. The molecule has 1 aliphatic rings. The van der Waals surface area contributed by atoms with E-state index in [1.165, 1.54) is 57.8 Å². The SMILES string of the molecule is CCCCCCCCCCCCC1=CC(C)C(=O)O1. The van der Waals surface area contributed by atoms with Crippen LogP contribution in [0.15, 0.2) is 11.8 Å². The van der Waals surface area contributed by atoms with E-state index >= 15 is 0 Å². The van der Waals surface area contributed by atoms with Crippen LogP contribution < -0.4 is 0 Å². The monoisotopic (exact) mass is 266 g/mol. The van der Waals surface area contributed by atoms with E-state index in [1.54, 1.807) is 0 Å². The second-order valence-electron chi connectivity index (χ2n) is 5.77. The lowest BCUT2D eigenvalue weighted by Gasteiger charge is -2.03. The third kappa shape index (κ3) is 7.39. The Hall–Kier alpha value is -0.790. The topological polar surface area (TPSA) is 26.3 Å². The number of hydrogen-bond donors (Lipinski definition) is 0. The van der Waals surface area contributed by atoms with Crippen LogP contribution in [0.4, 0.5) is 0 Å². The van der Waals surface area contributed by atoms with Gasteiger partial charge in [-0.05, 0) is 19.4 Å². The van der Waals surface area contributed by atoms with E-state index in [9.17, 15) is 4.79 Å². The van der Waals surface area contributed by atoms with Crippen LogP contribution in [0.25, 0.3) is 0 Å². The van der Waals surface area contributed by atoms with Crippen LogP contribution in [-0.4, -0.2) is 5.97 Å². The van der Waals surface area contributed by atoms with Gasteiger partial charge in [-0.25, -0.2) is 0 Å². The minimum absolute atomic E-state index is 0.0295. The zero-order valence-electron chi connectivity index (χ0n) is 12.7. The van der Waals surface area contributed by atoms with Gasteiger partial charge in [-0.3, -0.25) is 4.79 Å². The number of carbonyl (C=O) groups excluding carboxylic acids is 1. The van der Waals surface area contributed by atoms with Crippen LogP contribution in [0.3, 0.4) is 0 Å². The van der Waals surface area contributed by atoms with E-state index < -0.39 is 0 Å². The first kappa shape index (κ1) is 16.3. The summed E-state index contributed by atoms with van der Waals surface area (Å²) >= 11 is 0. The molecule has 19 heavy (non-hydrogen) atoms. The summed E-state index contributed by atoms with van der Waals surface area (Å²) in [6, 6.07) is 0. The highest BCUT2D eigenvalue weighted by Gasteiger charge is 2.21. The number of cyclic esters (lactones) is 1. The van der Waals surface area contributed by atoms with Crippen molar-refractivity contribution in [3.63, 3.8) is 0 Å². The summed E-state index contributed by atoms with van der Waals surface area (Å²) in [6.45, 7) is 4.16. The lowest BCUT2D eigenvalue weighted by atomic mass is 10.1. The number of hydrogen-bond acceptors (Lipinski definition) is 2. The van der Waals surface area contributed by atoms with Crippen LogP contribution in [-0.2, 0) is 9.53 Å². The van der Waals surface area contributed by atoms with Gasteiger partial charge in [0.05, 0.1) is 5.92 Å². The van der Waals surface area contributed by atoms with Gasteiger partial charge in [0.1, 0.15) is 5.76 Å². The molecular weight excluding hydrogens is 236 g/mol. The maximum Gasteiger partial charge on any atom is 0.317 e. The molecule has 0 saturated heterocycles. The molecule has 1 aliphatic heterocycles. The third-order valence-electron chi connectivity index (χ3n) is 3.82. The van der Waals surface area contributed by atoms with Crippen LogP contribution in [0, 0.1) is 5.92 Å². The zero-order chi connectivity index (χ0) is 13.9. The molecule has 2 nitrogen and oxygen atoms in total. The molecule has 1 unspecified atom stereocenters. The van der Waals surface area contributed by atoms with Crippen molar-refractivity contribution in [3.8, 4) is 0 Å². The predicted octanol–water partition coefficient (Wildman–Crippen LogP) is 5.37. The first-order valence-corrected chi connectivity index (χ1v) is 8.16. The van der Waals surface area contributed by atoms with Crippen LogP contribution in [0.2, 0.25) is 0 Å². The van der Waals surface area contributed by atoms with Gasteiger partial charge in [0.2, 0.25) is 0 Å². The minimum Gasteiger partial charge on any atom is -0.431 e. The van der Waals surface area contributed by atoms with E-state index in [4.69, 9.17) is 4.74 Å². The lowest BCUT2D eigenvalue weighted by Crippen LogP contribution is -2.03. The van der Waals surface area contributed by atoms with Gasteiger partial charge in [-0.1, -0.05) is 64.7 Å². The first-order chi connectivity index (χ1) is 9.24. The number of unbranched alkanes of at least 4 members (excludes halogenated alkanes) is 9. The predicted molar refractivity (Wildman–Crippen MR) is 79.8 cm³/mol. The van der Waals surface area contributed by atoms with Gasteiger partial charge in [-0.2, -0.15) is 0 Å². The molecule has 110 valence electrons. The highest BCUT2D eigenvalue weighted by atomic mass is 16.5. The summed E-state index contributed by atoms with van der Waals surface area (Å²) < 4.78 is 5.18. The third-order valence-corrected chi connectivity index (χ3v) is 3.82. The number of allylic oxidation sites excluding steroid dienone is 1. The smallest absolute Gasteiger partial charge is 0.317 e. The summed E-state index contributed by atoms with van der Waals surface area (Å²) in [5, 5.41) is 0. The highest BCUT2D eigenvalue weighted by molar-refractivity contribution is 5.77. The normalized spacial score (nSPS) is 18.5. The fraction of sp³-hybridized carbons (Fsp3) is 0.824. The zero-order valence-corrected chi connectivity index (χ0v) is 12.7. The molecule has 0 bridgehead atoms. The van der Waals surface area contributed by atoms with Crippen molar-refractivity contribution in [2.24, 2.45) is 5.92 Å². The largest absolute Gasteiger partial charge is 0.431 e. The molecule has 0 amide bonds. The Labute approximate surface area is 118 Å². The van der Waals surface area contributed by atoms with E-state index in [0.717, 1.165) is 18.6 Å². The van der Waals surface area contributed by atoms with E-state index in [0.29, 0.717) is 0 Å². The average molecular weight is 266 g/mol. The fourth-order valence-corrected chi connectivity index (χ4v) is 2.52. The molecule has 1 rings (SSSR count). The molecule has 0 radical (unpaired) electrons. The second-order valence-corrected chi connectivity index (χ2v) is 5.77. The molecule has 0 spiro atoms. The standard InChI is InChI=1S/C17H30O2/c1-3-4-5-6-7-8-9-10-11-12-13-16-14-15(2)17(18)19-16/h14-15H,3-13H2,1-2H3. The second kappa shape index (κ2) is 10.1. The number of esters is 1. The van der Waals surface area contributed by atoms with Crippen molar-refractivity contribution in [2.45, 2.75) is 84.5 Å². The molecule has 0 fully saturated rings. The number of rotatable bonds is 11. The maximum atomic E-state index is 11.2. The van der Waals surface area contributed by atoms with E-state index in [2.05, 4.69) is 6.92 Å². The van der Waals surface area contributed by atoms with E-state index in [1.807, 2.05) is 13.0 Å². The van der Waals surface area contributed by atoms with Gasteiger partial charge < -0.3 is 4.74 Å². The van der Waals surface area contributed by atoms with Crippen LogP contribution in [0.1, 0.15) is 84.5 Å². The van der Waals surface area contributed by atoms with Crippen LogP contribution >= 0.6 is 0 Å². The van der Waals surface area contributed by atoms with Gasteiger partial charge in [0.15, 0.2) is 0 Å². The van der Waals surface area contributed by atoms with Gasteiger partial charge in [-0.15, -0.1) is 0 Å². The summed E-state index contributed by atoms with van der Waals surface area (Å²) in [6.07, 6.45) is 16.3. The Morgan fingerprint density at radius 3 is 1.95 bits per heavy atom. The quantitative estimate of drug-likeness (QED) is 0.371. The van der Waals surface area contributed by atoms with Gasteiger partial charge in [0, 0.05) is 6.42 Å². The fourth-order valence-electron chi connectivity index (χ4n) is 2.52. The Morgan fingerprint density at radius 2 is 1.47 bits per heavy atom. The number of carbonyl (C=O) groups is 1. The van der Waals surface area contributed by atoms with Gasteiger partial charge >= 0.3 is 5.97 Å². The van der Waals surface area contributed by atoms with Crippen molar-refractivity contribution in [2.75, 3.05) is 0 Å². The molecule has 0 aromatic rings. The molecule has 0 saturated carbocycles. The molecule has 0 N–H and O–H groups in total. The van der Waals surface area contributed by atoms with Crippen molar-refractivity contribution in [1.29, 1.82) is 0 Å². The summed E-state index contributed by atoms with van der Waals surface area (Å²) in [7, 11) is 0. The van der Waals surface area contributed by atoms with Crippen molar-refractivity contribution < 1.29 is 9.53 Å². The Morgan fingerprint density at radius 1 is 0.947 bits per heavy atom. The molecular formula is C17H30O2.